The van der Waals surface area contributed by atoms with Crippen molar-refractivity contribution in [1.82, 2.24) is 0 Å². The van der Waals surface area contributed by atoms with Gasteiger partial charge in [-0.3, -0.25) is 0 Å². The zero-order valence-electron chi connectivity index (χ0n) is 28.2. The quantitative estimate of drug-likeness (QED) is 0.119. The summed E-state index contributed by atoms with van der Waals surface area (Å²) >= 11 is -0.253. The van der Waals surface area contributed by atoms with Gasteiger partial charge in [-0.15, -0.1) is 0 Å². The van der Waals surface area contributed by atoms with E-state index < -0.39 is 0 Å². The summed E-state index contributed by atoms with van der Waals surface area (Å²) in [5.74, 6) is 0.994. The molecule has 3 atom stereocenters. The van der Waals surface area contributed by atoms with Crippen molar-refractivity contribution in [2.45, 2.75) is 105 Å². The molecular weight excluding hydrogens is 592 g/mol. The van der Waals surface area contributed by atoms with Crippen molar-refractivity contribution in [3.63, 3.8) is 0 Å². The fourth-order valence-electron chi connectivity index (χ4n) is 8.76. The van der Waals surface area contributed by atoms with E-state index in [1.807, 2.05) is 0 Å². The zero-order valence-corrected chi connectivity index (χ0v) is 31.1. The number of hydrogen-bond donors (Lipinski definition) is 0. The molecule has 4 aromatic carbocycles. The molecule has 0 nitrogen and oxygen atoms in total. The standard InChI is InChI=1S/C35H33.C4H10Si.C4H9.Ti/c1-4-12-31(34-23(3)21-32-27-16-10-9-15-26(27)19-20-30(32)34)35-24(5-2)22-33-28(17-11-18-29(33)35)25-13-7-6-8-14-25;1-2-4-5-3-1;1-3-4-2;/h6-11,13-22,34-35H,4-5,12H2,1-3H3;1-5H2;1,3-4H2,2H3;. The first kappa shape index (κ1) is 32.5. The summed E-state index contributed by atoms with van der Waals surface area (Å²) in [6, 6.07) is 35.4. The van der Waals surface area contributed by atoms with Crippen LogP contribution in [0.5, 0.6) is 0 Å². The van der Waals surface area contributed by atoms with E-state index in [4.69, 9.17) is 0 Å². The van der Waals surface area contributed by atoms with Crippen molar-refractivity contribution >= 4 is 32.4 Å². The first-order valence-corrected chi connectivity index (χ1v) is 21.8. The van der Waals surface area contributed by atoms with Gasteiger partial charge < -0.3 is 0 Å². The number of hydrogen-bond acceptors (Lipinski definition) is 0. The van der Waals surface area contributed by atoms with Crippen molar-refractivity contribution in [2.75, 3.05) is 0 Å². The molecule has 2 aliphatic carbocycles. The Morgan fingerprint density at radius 3 is 2.20 bits per heavy atom. The summed E-state index contributed by atoms with van der Waals surface area (Å²) < 4.78 is 1.70. The van der Waals surface area contributed by atoms with E-state index >= 15 is 0 Å². The molecule has 1 heterocycles. The van der Waals surface area contributed by atoms with Crippen LogP contribution in [0.2, 0.25) is 20.5 Å². The number of fused-ring (bicyclic) bond motifs is 4. The topological polar surface area (TPSA) is 0 Å². The van der Waals surface area contributed by atoms with E-state index in [2.05, 4.69) is 125 Å². The average molecular weight is 645 g/mol. The Morgan fingerprint density at radius 2 is 1.49 bits per heavy atom. The van der Waals surface area contributed by atoms with Crippen molar-refractivity contribution in [3.8, 4) is 11.1 Å². The van der Waals surface area contributed by atoms with Gasteiger partial charge in [-0.05, 0) is 0 Å². The van der Waals surface area contributed by atoms with Crippen LogP contribution >= 0.6 is 0 Å². The molecule has 7 rings (SSSR count). The minimum atomic E-state index is -0.253. The summed E-state index contributed by atoms with van der Waals surface area (Å²) in [6.45, 7) is 9.64. The molecule has 0 amide bonds. The van der Waals surface area contributed by atoms with Crippen LogP contribution in [0.3, 0.4) is 0 Å². The summed E-state index contributed by atoms with van der Waals surface area (Å²) in [5, 5.41) is 2.78. The van der Waals surface area contributed by atoms with Gasteiger partial charge in [-0.2, -0.15) is 0 Å². The van der Waals surface area contributed by atoms with Gasteiger partial charge in [0.05, 0.1) is 0 Å². The molecule has 232 valence electrons. The fourth-order valence-corrected chi connectivity index (χ4v) is 14.5. The van der Waals surface area contributed by atoms with E-state index in [0.29, 0.717) is 21.4 Å². The zero-order chi connectivity index (χ0) is 31.2. The van der Waals surface area contributed by atoms with Crippen LogP contribution in [0.25, 0.3) is 34.1 Å². The van der Waals surface area contributed by atoms with E-state index in [9.17, 15) is 0 Å². The van der Waals surface area contributed by atoms with Crippen molar-refractivity contribution in [2.24, 2.45) is 0 Å². The second-order valence-corrected chi connectivity index (χ2v) is 18.5. The first-order chi connectivity index (χ1) is 22.1. The maximum atomic E-state index is 2.61. The molecule has 1 aliphatic heterocycles. The Balaban J connectivity index is 0.000000652. The number of unbranched alkanes of at least 4 members (excludes halogenated alkanes) is 1. The van der Waals surface area contributed by atoms with E-state index in [0.717, 1.165) is 6.42 Å². The summed E-state index contributed by atoms with van der Waals surface area (Å²) in [4.78, 5) is 0. The molecule has 0 aromatic heterocycles. The predicted molar refractivity (Wildman–Crippen MR) is 198 cm³/mol. The van der Waals surface area contributed by atoms with E-state index in [-0.39, 0.29) is 22.9 Å². The molecule has 3 aliphatic rings. The van der Waals surface area contributed by atoms with Crippen LogP contribution < -0.4 is 0 Å². The molecule has 4 aromatic rings. The predicted octanol–water partition coefficient (Wildman–Crippen LogP) is 12.6. The number of allylic oxidation sites excluding steroid dienone is 2. The normalized spacial score (nSPS) is 19.6. The van der Waals surface area contributed by atoms with Crippen LogP contribution in [-0.4, -0.2) is 9.52 Å². The molecule has 1 saturated heterocycles. The van der Waals surface area contributed by atoms with E-state index in [1.165, 1.54) is 63.4 Å². The molecule has 0 N–H and O–H groups in total. The van der Waals surface area contributed by atoms with Crippen LogP contribution in [0.4, 0.5) is 0 Å². The van der Waals surface area contributed by atoms with Crippen LogP contribution in [0, 0.1) is 0 Å². The Hall–Kier alpha value is -2.45. The van der Waals surface area contributed by atoms with Crippen LogP contribution in [-0.2, 0) is 19.2 Å². The minimum absolute atomic E-state index is 0.253. The molecule has 45 heavy (non-hydrogen) atoms. The average Bonchev–Trinajstić information content (AvgIpc) is 3.85. The Labute approximate surface area is 284 Å². The summed E-state index contributed by atoms with van der Waals surface area (Å²) in [7, 11) is 0.543. The van der Waals surface area contributed by atoms with E-state index in [1.54, 1.807) is 47.2 Å². The molecule has 1 fully saturated rings. The Kier molecular flexibility index (Phi) is 10.8. The molecule has 3 unspecified atom stereocenters. The van der Waals surface area contributed by atoms with Gasteiger partial charge in [0.2, 0.25) is 0 Å². The number of benzene rings is 4. The first-order valence-electron chi connectivity index (χ1n) is 18.0. The second-order valence-electron chi connectivity index (χ2n) is 13.6. The second kappa shape index (κ2) is 15.0. The van der Waals surface area contributed by atoms with Gasteiger partial charge in [0, 0.05) is 9.52 Å². The summed E-state index contributed by atoms with van der Waals surface area (Å²) in [6.07, 6.45) is 14.6. The van der Waals surface area contributed by atoms with Gasteiger partial charge in [0.25, 0.3) is 0 Å². The maximum absolute atomic E-state index is 2.61. The molecule has 2 heteroatoms. The SMILES string of the molecule is C1CC[SiH2]C1.CCC[CH2][Ti][C](CCC)(C1C(CC)=Cc2c(-c3ccccc3)cccc21)C1C(C)=Cc2c1ccc1ccccc21. The monoisotopic (exact) mass is 644 g/mol. The third-order valence-electron chi connectivity index (χ3n) is 10.7. The molecule has 0 bridgehead atoms. The van der Waals surface area contributed by atoms with Gasteiger partial charge >= 0.3 is 252 Å². The van der Waals surface area contributed by atoms with Crippen molar-refractivity contribution < 1.29 is 19.2 Å². The molecule has 0 radical (unpaired) electrons. The van der Waals surface area contributed by atoms with Crippen molar-refractivity contribution in [3.05, 3.63) is 118 Å². The fraction of sp³-hybridized carbons (Fsp3) is 0.395. The third-order valence-corrected chi connectivity index (χ3v) is 16.0. The van der Waals surface area contributed by atoms with Gasteiger partial charge in [0.15, 0.2) is 0 Å². The van der Waals surface area contributed by atoms with Crippen LogP contribution in [0.15, 0.2) is 96.1 Å². The van der Waals surface area contributed by atoms with Crippen molar-refractivity contribution in [1.29, 1.82) is 0 Å². The Morgan fingerprint density at radius 1 is 0.733 bits per heavy atom. The van der Waals surface area contributed by atoms with Gasteiger partial charge in [0.1, 0.15) is 0 Å². The van der Waals surface area contributed by atoms with Crippen LogP contribution in [0.1, 0.15) is 107 Å². The molecule has 0 saturated carbocycles. The third kappa shape index (κ3) is 6.43. The Bertz CT molecular complexity index is 1650. The molecule has 0 spiro atoms. The van der Waals surface area contributed by atoms with Gasteiger partial charge in [-0.1, -0.05) is 24.9 Å². The number of rotatable bonds is 10. The molecular formula is C43H52SiTi. The summed E-state index contributed by atoms with van der Waals surface area (Å²) in [5.41, 5.74) is 12.1. The van der Waals surface area contributed by atoms with Gasteiger partial charge in [-0.25, -0.2) is 0 Å².